The van der Waals surface area contributed by atoms with Gasteiger partial charge >= 0.3 is 0 Å². The van der Waals surface area contributed by atoms with Gasteiger partial charge in [-0.25, -0.2) is 0 Å². The van der Waals surface area contributed by atoms with Crippen LogP contribution in [-0.2, 0) is 4.79 Å². The summed E-state index contributed by atoms with van der Waals surface area (Å²) in [6, 6.07) is 0. The summed E-state index contributed by atoms with van der Waals surface area (Å²) in [5.74, 6) is 0.281. The van der Waals surface area contributed by atoms with Crippen LogP contribution < -0.4 is 0 Å². The molecular formula is C9H14N2OS. The van der Waals surface area contributed by atoms with Gasteiger partial charge in [-0.15, -0.1) is 0 Å². The number of hydrogen-bond donors (Lipinski definition) is 0. The molecule has 1 saturated heterocycles. The minimum atomic E-state index is 0.281. The van der Waals surface area contributed by atoms with E-state index in [2.05, 4.69) is 17.2 Å². The normalized spacial score (nSPS) is 17.2. The highest BCUT2D eigenvalue weighted by molar-refractivity contribution is 7.79. The second-order valence-corrected chi connectivity index (χ2v) is 3.32. The Bertz CT molecular complexity index is 216. The molecule has 0 radical (unpaired) electrons. The van der Waals surface area contributed by atoms with Gasteiger partial charge in [-0.05, 0) is 12.8 Å². The molecule has 0 aromatic carbocycles. The van der Waals surface area contributed by atoms with Crippen molar-refractivity contribution in [1.29, 1.82) is 0 Å². The summed E-state index contributed by atoms with van der Waals surface area (Å²) in [6.45, 7) is 2.32. The third-order valence-electron chi connectivity index (χ3n) is 2.01. The number of aliphatic imine (C=N–C) groups is 1. The van der Waals surface area contributed by atoms with E-state index in [0.29, 0.717) is 6.54 Å². The van der Waals surface area contributed by atoms with E-state index in [1.807, 2.05) is 11.1 Å². The van der Waals surface area contributed by atoms with E-state index in [4.69, 9.17) is 0 Å². The molecule has 4 heteroatoms. The predicted molar refractivity (Wildman–Crippen MR) is 57.4 cm³/mol. The maximum atomic E-state index is 11.2. The van der Waals surface area contributed by atoms with E-state index in [1.54, 1.807) is 5.37 Å². The molecule has 0 N–H and O–H groups in total. The zero-order valence-electron chi connectivity index (χ0n) is 7.61. The maximum Gasteiger partial charge on any atom is 0.222 e. The van der Waals surface area contributed by atoms with Crippen LogP contribution in [0.4, 0.5) is 0 Å². The Morgan fingerprint density at radius 1 is 1.62 bits per heavy atom. The van der Waals surface area contributed by atoms with Crippen molar-refractivity contribution in [1.82, 2.24) is 4.90 Å². The van der Waals surface area contributed by atoms with Crippen molar-refractivity contribution in [2.45, 2.75) is 19.3 Å². The third kappa shape index (κ3) is 3.63. The highest BCUT2D eigenvalue weighted by atomic mass is 32.1. The van der Waals surface area contributed by atoms with Crippen LogP contribution in [0.1, 0.15) is 19.3 Å². The van der Waals surface area contributed by atoms with E-state index in [9.17, 15) is 4.79 Å². The molecule has 1 heterocycles. The number of amides is 1. The minimum Gasteiger partial charge on any atom is -0.342 e. The molecule has 0 aliphatic carbocycles. The van der Waals surface area contributed by atoms with Gasteiger partial charge in [0.05, 0.1) is 6.54 Å². The Hall–Kier alpha value is -0.770. The lowest BCUT2D eigenvalue weighted by Crippen LogP contribution is -2.25. The van der Waals surface area contributed by atoms with E-state index in [-0.39, 0.29) is 5.91 Å². The van der Waals surface area contributed by atoms with Crippen LogP contribution in [0.15, 0.2) is 4.99 Å². The fourth-order valence-electron chi connectivity index (χ4n) is 1.36. The van der Waals surface area contributed by atoms with E-state index >= 15 is 0 Å². The molecule has 0 aromatic rings. The van der Waals surface area contributed by atoms with Gasteiger partial charge in [-0.2, -0.15) is 0 Å². The molecule has 0 saturated carbocycles. The van der Waals surface area contributed by atoms with Crippen molar-refractivity contribution in [2.24, 2.45) is 4.99 Å². The van der Waals surface area contributed by atoms with E-state index < -0.39 is 0 Å². The zero-order chi connectivity index (χ0) is 9.52. The molecule has 0 bridgehead atoms. The average Bonchev–Trinajstić information content (AvgIpc) is 2.52. The van der Waals surface area contributed by atoms with Gasteiger partial charge in [-0.1, -0.05) is 12.2 Å². The largest absolute Gasteiger partial charge is 0.342 e. The number of likely N-dealkylation sites (tertiary alicyclic amines) is 1. The number of hydrogen-bond acceptors (Lipinski definition) is 3. The van der Waals surface area contributed by atoms with Gasteiger partial charge in [0.25, 0.3) is 0 Å². The lowest BCUT2D eigenvalue weighted by molar-refractivity contribution is -0.127. The van der Waals surface area contributed by atoms with E-state index in [0.717, 1.165) is 32.4 Å². The van der Waals surface area contributed by atoms with Gasteiger partial charge in [0.15, 0.2) is 0 Å². The van der Waals surface area contributed by atoms with Crippen LogP contribution in [0.2, 0.25) is 0 Å². The van der Waals surface area contributed by atoms with Crippen LogP contribution in [0.25, 0.3) is 0 Å². The molecule has 0 unspecified atom stereocenters. The van der Waals surface area contributed by atoms with Crippen molar-refractivity contribution in [2.75, 3.05) is 19.6 Å². The Kier molecular flexibility index (Phi) is 4.60. The molecule has 0 atom stereocenters. The molecule has 1 amide bonds. The standard InChI is InChI=1S/C9H14N2OS/c12-9-3-1-6-11(9)7-2-4-10-5-8-13/h4,8H,1-3,5-7H2. The Morgan fingerprint density at radius 2 is 2.46 bits per heavy atom. The highest BCUT2D eigenvalue weighted by Gasteiger charge is 2.18. The SMILES string of the molecule is O=C1CCCN1CCC=NCC=S. The van der Waals surface area contributed by atoms with Gasteiger partial charge in [0.1, 0.15) is 0 Å². The lowest BCUT2D eigenvalue weighted by atomic mass is 10.4. The summed E-state index contributed by atoms with van der Waals surface area (Å²) in [4.78, 5) is 17.1. The summed E-state index contributed by atoms with van der Waals surface area (Å²) in [6.07, 6.45) is 4.41. The maximum absolute atomic E-state index is 11.2. The zero-order valence-corrected chi connectivity index (χ0v) is 8.42. The second kappa shape index (κ2) is 5.80. The summed E-state index contributed by atoms with van der Waals surface area (Å²) in [5.41, 5.74) is 0. The molecule has 72 valence electrons. The predicted octanol–water partition coefficient (Wildman–Crippen LogP) is 1.07. The lowest BCUT2D eigenvalue weighted by Gasteiger charge is -2.12. The molecule has 1 rings (SSSR count). The molecule has 1 aliphatic heterocycles. The smallest absolute Gasteiger partial charge is 0.222 e. The van der Waals surface area contributed by atoms with Gasteiger partial charge in [-0.3, -0.25) is 9.79 Å². The fourth-order valence-corrected chi connectivity index (χ4v) is 1.45. The number of rotatable bonds is 5. The number of carbonyl (C=O) groups is 1. The summed E-state index contributed by atoms with van der Waals surface area (Å²) in [5, 5.41) is 1.59. The molecule has 3 nitrogen and oxygen atoms in total. The van der Waals surface area contributed by atoms with Crippen LogP contribution in [0.5, 0.6) is 0 Å². The van der Waals surface area contributed by atoms with E-state index in [1.165, 1.54) is 0 Å². The third-order valence-corrected chi connectivity index (χ3v) is 2.16. The van der Waals surface area contributed by atoms with Crippen molar-refractivity contribution < 1.29 is 4.79 Å². The van der Waals surface area contributed by atoms with Crippen LogP contribution in [0.3, 0.4) is 0 Å². The van der Waals surface area contributed by atoms with Gasteiger partial charge in [0.2, 0.25) is 5.91 Å². The molecule has 0 spiro atoms. The summed E-state index contributed by atoms with van der Waals surface area (Å²) in [7, 11) is 0. The average molecular weight is 198 g/mol. The molecular weight excluding hydrogens is 184 g/mol. The van der Waals surface area contributed by atoms with Crippen molar-refractivity contribution in [3.8, 4) is 0 Å². The van der Waals surface area contributed by atoms with Gasteiger partial charge < -0.3 is 4.90 Å². The number of carbonyl (C=O) groups excluding carboxylic acids is 1. The van der Waals surface area contributed by atoms with Crippen LogP contribution in [-0.4, -0.2) is 42.0 Å². The Labute approximate surface area is 83.8 Å². The first-order valence-electron chi connectivity index (χ1n) is 4.54. The fraction of sp³-hybridized carbons (Fsp3) is 0.667. The van der Waals surface area contributed by atoms with Crippen molar-refractivity contribution in [3.05, 3.63) is 0 Å². The number of nitrogens with zero attached hydrogens (tertiary/aromatic N) is 2. The van der Waals surface area contributed by atoms with Crippen molar-refractivity contribution in [3.63, 3.8) is 0 Å². The number of thiocarbonyl (C=S) groups is 1. The second-order valence-electron chi connectivity index (χ2n) is 2.99. The Morgan fingerprint density at radius 3 is 3.08 bits per heavy atom. The molecule has 0 aromatic heterocycles. The van der Waals surface area contributed by atoms with Crippen LogP contribution >= 0.6 is 12.2 Å². The Balaban J connectivity index is 2.11. The monoisotopic (exact) mass is 198 g/mol. The molecule has 1 fully saturated rings. The first-order chi connectivity index (χ1) is 6.34. The van der Waals surface area contributed by atoms with Crippen LogP contribution in [0, 0.1) is 0 Å². The summed E-state index contributed by atoms with van der Waals surface area (Å²) < 4.78 is 0. The minimum absolute atomic E-state index is 0.281. The molecule has 1 aliphatic rings. The topological polar surface area (TPSA) is 32.7 Å². The first kappa shape index (κ1) is 10.3. The summed E-state index contributed by atoms with van der Waals surface area (Å²) >= 11 is 4.62. The first-order valence-corrected chi connectivity index (χ1v) is 5.01. The molecule has 13 heavy (non-hydrogen) atoms. The quantitative estimate of drug-likeness (QED) is 0.489. The highest BCUT2D eigenvalue weighted by Crippen LogP contribution is 2.08. The van der Waals surface area contributed by atoms with Crippen molar-refractivity contribution >= 4 is 29.7 Å². The van der Waals surface area contributed by atoms with Gasteiger partial charge in [0, 0.05) is 31.1 Å².